The van der Waals surface area contributed by atoms with Crippen LogP contribution in [0.3, 0.4) is 0 Å². The van der Waals surface area contributed by atoms with E-state index >= 15 is 0 Å². The molecule has 0 atom stereocenters. The van der Waals surface area contributed by atoms with Crippen molar-refractivity contribution < 1.29 is 18.3 Å². The minimum atomic E-state index is -0.543. The summed E-state index contributed by atoms with van der Waals surface area (Å²) in [4.78, 5) is 23.0. The number of rotatable bonds is 2. The van der Waals surface area contributed by atoms with Crippen molar-refractivity contribution in [1.29, 1.82) is 0 Å². The van der Waals surface area contributed by atoms with Gasteiger partial charge in [0.15, 0.2) is 0 Å². The van der Waals surface area contributed by atoms with Crippen molar-refractivity contribution in [3.8, 4) is 16.9 Å². The highest BCUT2D eigenvalue weighted by Crippen LogP contribution is 2.24. The van der Waals surface area contributed by atoms with Crippen molar-refractivity contribution >= 4 is 16.9 Å². The van der Waals surface area contributed by atoms with E-state index in [9.17, 15) is 14.0 Å². The molecule has 0 bridgehead atoms. The van der Waals surface area contributed by atoms with Gasteiger partial charge in [0.25, 0.3) is 0 Å². The number of esters is 1. The molecular weight excluding hydrogens is 287 g/mol. The normalized spacial score (nSPS) is 10.6. The first-order valence-electron chi connectivity index (χ1n) is 6.55. The van der Waals surface area contributed by atoms with Gasteiger partial charge < -0.3 is 9.15 Å². The van der Waals surface area contributed by atoms with Gasteiger partial charge in [-0.1, -0.05) is 12.1 Å². The maximum absolute atomic E-state index is 13.0. The third kappa shape index (κ3) is 2.74. The zero-order chi connectivity index (χ0) is 15.7. The second-order valence-corrected chi connectivity index (χ2v) is 4.75. The molecule has 5 heteroatoms. The summed E-state index contributed by atoms with van der Waals surface area (Å²) >= 11 is 0. The molecule has 0 aliphatic heterocycles. The summed E-state index contributed by atoms with van der Waals surface area (Å²) in [6.45, 7) is 1.29. The molecule has 0 amide bonds. The summed E-state index contributed by atoms with van der Waals surface area (Å²) in [5.41, 5.74) is 0.683. The molecule has 0 radical (unpaired) electrons. The molecule has 0 spiro atoms. The molecule has 0 aliphatic rings. The maximum atomic E-state index is 13.0. The van der Waals surface area contributed by atoms with Crippen molar-refractivity contribution in [3.05, 3.63) is 64.8 Å². The molecule has 4 nitrogen and oxygen atoms in total. The molecule has 0 unspecified atom stereocenters. The lowest BCUT2D eigenvalue weighted by molar-refractivity contribution is -0.131. The highest BCUT2D eigenvalue weighted by molar-refractivity contribution is 5.83. The monoisotopic (exact) mass is 298 g/mol. The molecule has 2 aromatic carbocycles. The molecule has 0 saturated carbocycles. The van der Waals surface area contributed by atoms with Crippen molar-refractivity contribution in [2.45, 2.75) is 6.92 Å². The first kappa shape index (κ1) is 14.0. The van der Waals surface area contributed by atoms with Gasteiger partial charge in [-0.2, -0.15) is 0 Å². The van der Waals surface area contributed by atoms with E-state index in [0.29, 0.717) is 27.8 Å². The Balaban J connectivity index is 2.11. The summed E-state index contributed by atoms with van der Waals surface area (Å²) in [6.07, 6.45) is 0. The Bertz CT molecular complexity index is 910. The van der Waals surface area contributed by atoms with Gasteiger partial charge in [-0.25, -0.2) is 9.18 Å². The average Bonchev–Trinajstić information content (AvgIpc) is 2.47. The number of benzene rings is 2. The van der Waals surface area contributed by atoms with Crippen molar-refractivity contribution in [2.75, 3.05) is 0 Å². The molecule has 0 N–H and O–H groups in total. The lowest BCUT2D eigenvalue weighted by Crippen LogP contribution is -2.04. The van der Waals surface area contributed by atoms with Crippen LogP contribution in [0.15, 0.2) is 57.7 Å². The zero-order valence-electron chi connectivity index (χ0n) is 11.6. The molecule has 3 aromatic rings. The predicted octanol–water partition coefficient (Wildman–Crippen LogP) is 3.52. The number of carbonyl (C=O) groups excluding carboxylic acids is 1. The summed E-state index contributed by atoms with van der Waals surface area (Å²) in [6, 6.07) is 12.0. The van der Waals surface area contributed by atoms with E-state index in [4.69, 9.17) is 9.15 Å². The lowest BCUT2D eigenvalue weighted by atomic mass is 10.1. The smallest absolute Gasteiger partial charge is 0.344 e. The average molecular weight is 298 g/mol. The van der Waals surface area contributed by atoms with Gasteiger partial charge in [0, 0.05) is 18.4 Å². The lowest BCUT2D eigenvalue weighted by Gasteiger charge is -2.05. The van der Waals surface area contributed by atoms with Crippen LogP contribution < -0.4 is 10.4 Å². The highest BCUT2D eigenvalue weighted by atomic mass is 19.1. The first-order chi connectivity index (χ1) is 10.5. The fourth-order valence-corrected chi connectivity index (χ4v) is 2.15. The van der Waals surface area contributed by atoms with E-state index in [2.05, 4.69) is 0 Å². The van der Waals surface area contributed by atoms with Crippen LogP contribution in [-0.4, -0.2) is 5.97 Å². The standard InChI is InChI=1S/C17H11FO4/c1-10(19)21-14-7-4-12-8-15(17(20)22-16(12)9-14)11-2-5-13(18)6-3-11/h2-9H,1H3. The Hall–Kier alpha value is -2.95. The molecule has 0 saturated heterocycles. The van der Waals surface area contributed by atoms with Crippen LogP contribution >= 0.6 is 0 Å². The Morgan fingerprint density at radius 1 is 1.09 bits per heavy atom. The number of fused-ring (bicyclic) bond motifs is 1. The quantitative estimate of drug-likeness (QED) is 0.412. The molecule has 0 aliphatic carbocycles. The topological polar surface area (TPSA) is 56.5 Å². The molecule has 1 heterocycles. The van der Waals surface area contributed by atoms with E-state index in [1.807, 2.05) is 0 Å². The Labute approximate surface area is 124 Å². The van der Waals surface area contributed by atoms with E-state index < -0.39 is 11.6 Å². The minimum Gasteiger partial charge on any atom is -0.427 e. The SMILES string of the molecule is CC(=O)Oc1ccc2cc(-c3ccc(F)cc3)c(=O)oc2c1. The highest BCUT2D eigenvalue weighted by Gasteiger charge is 2.09. The van der Waals surface area contributed by atoms with Gasteiger partial charge >= 0.3 is 11.6 Å². The molecule has 1 aromatic heterocycles. The van der Waals surface area contributed by atoms with Gasteiger partial charge in [-0.3, -0.25) is 4.79 Å². The second kappa shape index (κ2) is 5.44. The van der Waals surface area contributed by atoms with Crippen molar-refractivity contribution in [2.24, 2.45) is 0 Å². The minimum absolute atomic E-state index is 0.303. The second-order valence-electron chi connectivity index (χ2n) is 4.75. The van der Waals surface area contributed by atoms with Gasteiger partial charge in [-0.05, 0) is 35.9 Å². The number of carbonyl (C=O) groups is 1. The molecule has 110 valence electrons. The Morgan fingerprint density at radius 2 is 1.82 bits per heavy atom. The van der Waals surface area contributed by atoms with Crippen LogP contribution in [0.1, 0.15) is 6.92 Å². The fourth-order valence-electron chi connectivity index (χ4n) is 2.15. The van der Waals surface area contributed by atoms with Crippen LogP contribution in [0.5, 0.6) is 5.75 Å². The Kier molecular flexibility index (Phi) is 3.47. The van der Waals surface area contributed by atoms with Crippen LogP contribution in [0.4, 0.5) is 4.39 Å². The van der Waals surface area contributed by atoms with E-state index in [-0.39, 0.29) is 5.82 Å². The van der Waals surface area contributed by atoms with Crippen LogP contribution in [0, 0.1) is 5.82 Å². The molecular formula is C17H11FO4. The predicted molar refractivity (Wildman–Crippen MR) is 79.2 cm³/mol. The maximum Gasteiger partial charge on any atom is 0.344 e. The summed E-state index contributed by atoms with van der Waals surface area (Å²) < 4.78 is 23.2. The first-order valence-corrected chi connectivity index (χ1v) is 6.55. The van der Waals surface area contributed by atoms with Crippen LogP contribution in [0.25, 0.3) is 22.1 Å². The number of hydrogen-bond acceptors (Lipinski definition) is 4. The van der Waals surface area contributed by atoms with Gasteiger partial charge in [0.1, 0.15) is 17.1 Å². The zero-order valence-corrected chi connectivity index (χ0v) is 11.6. The van der Waals surface area contributed by atoms with Gasteiger partial charge in [0.05, 0.1) is 5.56 Å². The third-order valence-electron chi connectivity index (χ3n) is 3.12. The van der Waals surface area contributed by atoms with Gasteiger partial charge in [-0.15, -0.1) is 0 Å². The van der Waals surface area contributed by atoms with E-state index in [0.717, 1.165) is 0 Å². The number of ether oxygens (including phenoxy) is 1. The molecule has 22 heavy (non-hydrogen) atoms. The third-order valence-corrected chi connectivity index (χ3v) is 3.12. The Morgan fingerprint density at radius 3 is 2.50 bits per heavy atom. The van der Waals surface area contributed by atoms with Crippen LogP contribution in [-0.2, 0) is 4.79 Å². The largest absolute Gasteiger partial charge is 0.427 e. The molecule has 0 fully saturated rings. The van der Waals surface area contributed by atoms with Crippen LogP contribution in [0.2, 0.25) is 0 Å². The summed E-state index contributed by atoms with van der Waals surface area (Å²) in [5, 5.41) is 0.676. The molecule has 3 rings (SSSR count). The summed E-state index contributed by atoms with van der Waals surface area (Å²) in [5.74, 6) is -0.526. The van der Waals surface area contributed by atoms with Crippen molar-refractivity contribution in [3.63, 3.8) is 0 Å². The number of halogens is 1. The van der Waals surface area contributed by atoms with Crippen molar-refractivity contribution in [1.82, 2.24) is 0 Å². The van der Waals surface area contributed by atoms with E-state index in [1.54, 1.807) is 18.2 Å². The summed E-state index contributed by atoms with van der Waals surface area (Å²) in [7, 11) is 0. The van der Waals surface area contributed by atoms with Gasteiger partial charge in [0.2, 0.25) is 0 Å². The fraction of sp³-hybridized carbons (Fsp3) is 0.0588. The number of hydrogen-bond donors (Lipinski definition) is 0. The van der Waals surface area contributed by atoms with E-state index in [1.165, 1.54) is 37.3 Å².